The predicted molar refractivity (Wildman–Crippen MR) is 98.3 cm³/mol. The molecule has 0 radical (unpaired) electrons. The van der Waals surface area contributed by atoms with E-state index in [1.165, 1.54) is 0 Å². The quantitative estimate of drug-likeness (QED) is 0.732. The number of benzene rings is 1. The van der Waals surface area contributed by atoms with Crippen LogP contribution in [-0.4, -0.2) is 25.1 Å². The van der Waals surface area contributed by atoms with Gasteiger partial charge in [0, 0.05) is 24.4 Å². The fraction of sp³-hybridized carbons (Fsp3) is 0.158. The van der Waals surface area contributed by atoms with Crippen LogP contribution in [-0.2, 0) is 6.54 Å². The van der Waals surface area contributed by atoms with E-state index in [1.807, 2.05) is 29.6 Å². The molecule has 0 fully saturated rings. The molecule has 25 heavy (non-hydrogen) atoms. The summed E-state index contributed by atoms with van der Waals surface area (Å²) in [6.45, 7) is 0.416. The minimum atomic E-state index is -0.188. The van der Waals surface area contributed by atoms with E-state index in [1.54, 1.807) is 50.0 Å². The first-order chi connectivity index (χ1) is 12.2. The molecular formula is C19H18N2O3S. The molecule has 0 unspecified atom stereocenters. The van der Waals surface area contributed by atoms with Crippen molar-refractivity contribution in [1.29, 1.82) is 0 Å². The number of nitrogens with one attached hydrogen (secondary N) is 1. The van der Waals surface area contributed by atoms with Gasteiger partial charge in [0.1, 0.15) is 11.5 Å². The zero-order valence-electron chi connectivity index (χ0n) is 14.0. The second-order valence-corrected chi connectivity index (χ2v) is 6.26. The molecule has 3 rings (SSSR count). The Balaban J connectivity index is 1.71. The van der Waals surface area contributed by atoms with Crippen molar-refractivity contribution in [3.63, 3.8) is 0 Å². The predicted octanol–water partition coefficient (Wildman–Crippen LogP) is 3.76. The Labute approximate surface area is 150 Å². The largest absolute Gasteiger partial charge is 0.497 e. The van der Waals surface area contributed by atoms with E-state index in [-0.39, 0.29) is 5.91 Å². The van der Waals surface area contributed by atoms with Crippen LogP contribution in [0.4, 0.5) is 0 Å². The van der Waals surface area contributed by atoms with Crippen molar-refractivity contribution >= 4 is 17.2 Å². The van der Waals surface area contributed by atoms with Crippen molar-refractivity contribution in [1.82, 2.24) is 10.3 Å². The summed E-state index contributed by atoms with van der Waals surface area (Å²) in [6.07, 6.45) is 1.76. The van der Waals surface area contributed by atoms with E-state index in [0.29, 0.717) is 23.6 Å². The molecule has 0 aliphatic rings. The standard InChI is InChI=1S/C19H18N2O3S/c1-23-15-9-14(10-16(11-15)24-2)19(22)21-12-13-5-6-20-17(8-13)18-4-3-7-25-18/h3-11H,12H2,1-2H3,(H,21,22). The zero-order valence-corrected chi connectivity index (χ0v) is 14.8. The van der Waals surface area contributed by atoms with Gasteiger partial charge in [0.05, 0.1) is 24.8 Å². The number of aromatic nitrogens is 1. The first-order valence-electron chi connectivity index (χ1n) is 7.69. The Morgan fingerprint density at radius 2 is 1.88 bits per heavy atom. The Morgan fingerprint density at radius 3 is 2.52 bits per heavy atom. The summed E-state index contributed by atoms with van der Waals surface area (Å²) in [7, 11) is 3.11. The number of rotatable bonds is 6. The molecule has 0 saturated carbocycles. The summed E-state index contributed by atoms with van der Waals surface area (Å²) < 4.78 is 10.4. The number of hydrogen-bond acceptors (Lipinski definition) is 5. The maximum atomic E-state index is 12.4. The Hall–Kier alpha value is -2.86. The van der Waals surface area contributed by atoms with Crippen LogP contribution in [0.2, 0.25) is 0 Å². The van der Waals surface area contributed by atoms with Crippen LogP contribution in [0.15, 0.2) is 54.0 Å². The average molecular weight is 354 g/mol. The monoisotopic (exact) mass is 354 g/mol. The maximum absolute atomic E-state index is 12.4. The highest BCUT2D eigenvalue weighted by atomic mass is 32.1. The number of ether oxygens (including phenoxy) is 2. The number of nitrogens with zero attached hydrogens (tertiary/aromatic N) is 1. The van der Waals surface area contributed by atoms with Gasteiger partial charge in [-0.05, 0) is 41.3 Å². The number of thiophene rings is 1. The summed E-state index contributed by atoms with van der Waals surface area (Å²) in [5.41, 5.74) is 2.38. The molecule has 0 atom stereocenters. The lowest BCUT2D eigenvalue weighted by molar-refractivity contribution is 0.0950. The average Bonchev–Trinajstić information content (AvgIpc) is 3.20. The van der Waals surface area contributed by atoms with Crippen LogP contribution in [0.25, 0.3) is 10.6 Å². The summed E-state index contributed by atoms with van der Waals surface area (Å²) in [5, 5.41) is 4.93. The highest BCUT2D eigenvalue weighted by Crippen LogP contribution is 2.24. The lowest BCUT2D eigenvalue weighted by atomic mass is 10.1. The van der Waals surface area contributed by atoms with E-state index >= 15 is 0 Å². The minimum Gasteiger partial charge on any atom is -0.497 e. The van der Waals surface area contributed by atoms with E-state index in [0.717, 1.165) is 16.1 Å². The Morgan fingerprint density at radius 1 is 1.12 bits per heavy atom. The van der Waals surface area contributed by atoms with Gasteiger partial charge in [-0.3, -0.25) is 9.78 Å². The number of carbonyl (C=O) groups is 1. The molecule has 1 N–H and O–H groups in total. The summed E-state index contributed by atoms with van der Waals surface area (Å²) in [4.78, 5) is 17.9. The van der Waals surface area contributed by atoms with Crippen LogP contribution in [0.5, 0.6) is 11.5 Å². The van der Waals surface area contributed by atoms with Crippen molar-refractivity contribution < 1.29 is 14.3 Å². The molecule has 2 heterocycles. The number of amides is 1. The SMILES string of the molecule is COc1cc(OC)cc(C(=O)NCc2ccnc(-c3cccs3)c2)c1. The smallest absolute Gasteiger partial charge is 0.251 e. The van der Waals surface area contributed by atoms with Gasteiger partial charge in [0.25, 0.3) is 5.91 Å². The third kappa shape index (κ3) is 4.16. The van der Waals surface area contributed by atoms with Crippen molar-refractivity contribution in [2.45, 2.75) is 6.54 Å². The lowest BCUT2D eigenvalue weighted by Crippen LogP contribution is -2.22. The lowest BCUT2D eigenvalue weighted by Gasteiger charge is -2.10. The highest BCUT2D eigenvalue weighted by Gasteiger charge is 2.10. The third-order valence-electron chi connectivity index (χ3n) is 3.66. The second kappa shape index (κ2) is 7.81. The number of methoxy groups -OCH3 is 2. The molecule has 0 saturated heterocycles. The zero-order chi connectivity index (χ0) is 17.6. The molecule has 0 aliphatic heterocycles. The maximum Gasteiger partial charge on any atom is 0.251 e. The van der Waals surface area contributed by atoms with Gasteiger partial charge >= 0.3 is 0 Å². The first-order valence-corrected chi connectivity index (χ1v) is 8.57. The van der Waals surface area contributed by atoms with E-state index < -0.39 is 0 Å². The number of hydrogen-bond donors (Lipinski definition) is 1. The molecule has 6 heteroatoms. The third-order valence-corrected chi connectivity index (χ3v) is 4.56. The number of pyridine rings is 1. The van der Waals surface area contributed by atoms with E-state index in [2.05, 4.69) is 10.3 Å². The molecular weight excluding hydrogens is 336 g/mol. The second-order valence-electron chi connectivity index (χ2n) is 5.31. The minimum absolute atomic E-state index is 0.188. The fourth-order valence-electron chi connectivity index (χ4n) is 2.37. The van der Waals surface area contributed by atoms with Crippen molar-refractivity contribution in [2.24, 2.45) is 0 Å². The fourth-order valence-corrected chi connectivity index (χ4v) is 3.06. The normalized spacial score (nSPS) is 10.3. The molecule has 1 amide bonds. The van der Waals surface area contributed by atoms with Gasteiger partial charge < -0.3 is 14.8 Å². The van der Waals surface area contributed by atoms with E-state index in [4.69, 9.17) is 9.47 Å². The Kier molecular flexibility index (Phi) is 5.30. The molecule has 0 aliphatic carbocycles. The molecule has 1 aromatic carbocycles. The van der Waals surface area contributed by atoms with Crippen LogP contribution in [0.3, 0.4) is 0 Å². The van der Waals surface area contributed by atoms with Crippen LogP contribution in [0, 0.1) is 0 Å². The van der Waals surface area contributed by atoms with Crippen LogP contribution >= 0.6 is 11.3 Å². The molecule has 5 nitrogen and oxygen atoms in total. The molecule has 128 valence electrons. The summed E-state index contributed by atoms with van der Waals surface area (Å²) in [6, 6.07) is 13.0. The molecule has 0 bridgehead atoms. The van der Waals surface area contributed by atoms with E-state index in [9.17, 15) is 4.79 Å². The molecule has 0 spiro atoms. The van der Waals surface area contributed by atoms with Crippen molar-refractivity contribution in [3.8, 4) is 22.1 Å². The highest BCUT2D eigenvalue weighted by molar-refractivity contribution is 7.13. The molecule has 3 aromatic rings. The topological polar surface area (TPSA) is 60.5 Å². The van der Waals surface area contributed by atoms with Gasteiger partial charge in [-0.1, -0.05) is 6.07 Å². The Bertz CT molecular complexity index is 841. The van der Waals surface area contributed by atoms with Crippen molar-refractivity contribution in [3.05, 3.63) is 65.2 Å². The number of carbonyl (C=O) groups excluding carboxylic acids is 1. The van der Waals surface area contributed by atoms with Crippen molar-refractivity contribution in [2.75, 3.05) is 14.2 Å². The van der Waals surface area contributed by atoms with Gasteiger partial charge in [-0.25, -0.2) is 0 Å². The van der Waals surface area contributed by atoms with Gasteiger partial charge in [-0.15, -0.1) is 11.3 Å². The summed E-state index contributed by atoms with van der Waals surface area (Å²) >= 11 is 1.64. The first kappa shape index (κ1) is 17.0. The van der Waals surface area contributed by atoms with Gasteiger partial charge in [0.2, 0.25) is 0 Å². The molecule has 2 aromatic heterocycles. The summed E-state index contributed by atoms with van der Waals surface area (Å²) in [5.74, 6) is 0.966. The van der Waals surface area contributed by atoms with Crippen LogP contribution in [0.1, 0.15) is 15.9 Å². The van der Waals surface area contributed by atoms with Gasteiger partial charge in [-0.2, -0.15) is 0 Å². The van der Waals surface area contributed by atoms with Crippen LogP contribution < -0.4 is 14.8 Å². The van der Waals surface area contributed by atoms with Gasteiger partial charge in [0.15, 0.2) is 0 Å².